The van der Waals surface area contributed by atoms with Gasteiger partial charge in [-0.1, -0.05) is 36.4 Å². The van der Waals surface area contributed by atoms with E-state index >= 15 is 0 Å². The zero-order chi connectivity index (χ0) is 17.9. The van der Waals surface area contributed by atoms with Gasteiger partial charge in [0.25, 0.3) is 5.91 Å². The smallest absolute Gasteiger partial charge is 0.265 e. The minimum atomic E-state index is 0.0820. The highest BCUT2D eigenvalue weighted by Crippen LogP contribution is 2.36. The lowest BCUT2D eigenvalue weighted by Gasteiger charge is -2.42. The van der Waals surface area contributed by atoms with Gasteiger partial charge >= 0.3 is 0 Å². The van der Waals surface area contributed by atoms with E-state index in [9.17, 15) is 4.79 Å². The maximum Gasteiger partial charge on any atom is 0.265 e. The van der Waals surface area contributed by atoms with Gasteiger partial charge in [-0.3, -0.25) is 15.2 Å². The summed E-state index contributed by atoms with van der Waals surface area (Å²) in [5.74, 6) is 0.0820. The second kappa shape index (κ2) is 7.58. The van der Waals surface area contributed by atoms with Crippen LogP contribution in [-0.2, 0) is 11.2 Å². The molecule has 3 nitrogen and oxygen atoms in total. The van der Waals surface area contributed by atoms with Crippen LogP contribution in [0.1, 0.15) is 31.2 Å². The Morgan fingerprint density at radius 2 is 1.88 bits per heavy atom. The lowest BCUT2D eigenvalue weighted by Crippen LogP contribution is -2.55. The summed E-state index contributed by atoms with van der Waals surface area (Å²) < 4.78 is 0. The molecule has 1 unspecified atom stereocenters. The summed E-state index contributed by atoms with van der Waals surface area (Å²) in [6, 6.07) is 19.2. The Bertz CT molecular complexity index is 831. The zero-order valence-corrected chi connectivity index (χ0v) is 15.9. The number of carbonyl (C=O) groups is 1. The highest BCUT2D eigenvalue weighted by Gasteiger charge is 2.35. The molecule has 0 aromatic heterocycles. The fraction of sp³-hybridized carbons (Fsp3) is 0.318. The third-order valence-corrected chi connectivity index (χ3v) is 6.05. The first-order chi connectivity index (χ1) is 12.8. The number of anilines is 1. The Balaban J connectivity index is 1.75. The molecule has 1 heterocycles. The van der Waals surface area contributed by atoms with Crippen molar-refractivity contribution in [1.29, 1.82) is 0 Å². The van der Waals surface area contributed by atoms with Crippen LogP contribution >= 0.6 is 11.8 Å². The number of hydrogen-bond acceptors (Lipinski definition) is 3. The molecule has 26 heavy (non-hydrogen) atoms. The maximum absolute atomic E-state index is 12.7. The average molecular weight is 365 g/mol. The van der Waals surface area contributed by atoms with Gasteiger partial charge < -0.3 is 0 Å². The summed E-state index contributed by atoms with van der Waals surface area (Å²) in [5, 5.41) is 2.10. The van der Waals surface area contributed by atoms with Crippen LogP contribution in [0, 0.1) is 0 Å². The summed E-state index contributed by atoms with van der Waals surface area (Å²) in [5.41, 5.74) is 7.90. The van der Waals surface area contributed by atoms with Gasteiger partial charge in [0.15, 0.2) is 0 Å². The molecule has 2 aliphatic rings. The van der Waals surface area contributed by atoms with E-state index in [0.29, 0.717) is 0 Å². The molecule has 0 bridgehead atoms. The molecule has 1 amide bonds. The Morgan fingerprint density at radius 3 is 2.69 bits per heavy atom. The van der Waals surface area contributed by atoms with Crippen molar-refractivity contribution in [3.63, 3.8) is 0 Å². The molecule has 134 valence electrons. The number of nitrogens with zero attached hydrogens (tertiary/aromatic N) is 1. The van der Waals surface area contributed by atoms with Crippen LogP contribution in [0.2, 0.25) is 0 Å². The largest absolute Gasteiger partial charge is 0.278 e. The van der Waals surface area contributed by atoms with Crippen molar-refractivity contribution >= 4 is 23.4 Å². The highest BCUT2D eigenvalue weighted by atomic mass is 32.2. The van der Waals surface area contributed by atoms with Gasteiger partial charge in [0.2, 0.25) is 0 Å². The van der Waals surface area contributed by atoms with E-state index in [0.717, 1.165) is 36.9 Å². The molecule has 1 atom stereocenters. The van der Waals surface area contributed by atoms with Crippen molar-refractivity contribution in [2.75, 3.05) is 11.3 Å². The van der Waals surface area contributed by atoms with Crippen LogP contribution in [0.3, 0.4) is 0 Å². The van der Waals surface area contributed by atoms with Crippen LogP contribution in [-0.4, -0.2) is 18.2 Å². The average Bonchev–Trinajstić information content (AvgIpc) is 2.71. The van der Waals surface area contributed by atoms with Crippen LogP contribution in [0.4, 0.5) is 5.69 Å². The van der Waals surface area contributed by atoms with E-state index in [2.05, 4.69) is 71.3 Å². The van der Waals surface area contributed by atoms with Crippen molar-refractivity contribution in [1.82, 2.24) is 5.43 Å². The van der Waals surface area contributed by atoms with Crippen molar-refractivity contribution in [3.05, 3.63) is 71.3 Å². The third kappa shape index (κ3) is 3.38. The predicted octanol–water partition coefficient (Wildman–Crippen LogP) is 4.74. The fourth-order valence-electron chi connectivity index (χ4n) is 4.02. The van der Waals surface area contributed by atoms with E-state index in [1.165, 1.54) is 22.5 Å². The molecule has 2 aromatic carbocycles. The van der Waals surface area contributed by atoms with Gasteiger partial charge in [-0.05, 0) is 67.7 Å². The highest BCUT2D eigenvalue weighted by molar-refractivity contribution is 7.98. The molecule has 1 aliphatic carbocycles. The molecule has 2 aromatic rings. The Morgan fingerprint density at radius 1 is 1.08 bits per heavy atom. The normalized spacial score (nSPS) is 20.0. The van der Waals surface area contributed by atoms with E-state index in [1.807, 2.05) is 0 Å². The summed E-state index contributed by atoms with van der Waals surface area (Å²) >= 11 is 1.72. The first-order valence-electron chi connectivity index (χ1n) is 9.26. The molecule has 4 rings (SSSR count). The van der Waals surface area contributed by atoms with Gasteiger partial charge in [0.05, 0.1) is 11.7 Å². The van der Waals surface area contributed by atoms with Crippen molar-refractivity contribution in [3.8, 4) is 0 Å². The molecule has 0 spiro atoms. The molecule has 0 radical (unpaired) electrons. The van der Waals surface area contributed by atoms with Crippen molar-refractivity contribution in [2.24, 2.45) is 0 Å². The zero-order valence-electron chi connectivity index (χ0n) is 15.1. The van der Waals surface area contributed by atoms with Crippen molar-refractivity contribution in [2.45, 2.75) is 43.0 Å². The minimum absolute atomic E-state index is 0.0820. The number of nitrogens with one attached hydrogen (secondary N) is 1. The maximum atomic E-state index is 12.7. The predicted molar refractivity (Wildman–Crippen MR) is 108 cm³/mol. The molecule has 4 heteroatoms. The van der Waals surface area contributed by atoms with E-state index < -0.39 is 0 Å². The van der Waals surface area contributed by atoms with Gasteiger partial charge in [0.1, 0.15) is 0 Å². The van der Waals surface area contributed by atoms with Crippen LogP contribution in [0.25, 0.3) is 0 Å². The van der Waals surface area contributed by atoms with Gasteiger partial charge in [-0.25, -0.2) is 0 Å². The number of hydrazine groups is 1. The Kier molecular flexibility index (Phi) is 5.02. The Hall–Kier alpha value is -2.20. The molecule has 0 saturated heterocycles. The first-order valence-corrected chi connectivity index (χ1v) is 10.5. The van der Waals surface area contributed by atoms with Crippen LogP contribution < -0.4 is 10.4 Å². The lowest BCUT2D eigenvalue weighted by molar-refractivity contribution is -0.118. The monoisotopic (exact) mass is 364 g/mol. The molecule has 1 N–H and O–H groups in total. The molecular formula is C22H24N2OS. The molecule has 0 saturated carbocycles. The number of thioether (sulfide) groups is 1. The molecule has 0 fully saturated rings. The summed E-state index contributed by atoms with van der Waals surface area (Å²) in [7, 11) is 0. The van der Waals surface area contributed by atoms with E-state index in [4.69, 9.17) is 0 Å². The fourth-order valence-corrected chi connectivity index (χ4v) is 4.48. The number of rotatable bonds is 4. The van der Waals surface area contributed by atoms with Gasteiger partial charge in [-0.15, -0.1) is 11.8 Å². The first kappa shape index (κ1) is 17.2. The SMILES string of the molecule is CSc1cccc(N2NC(=O)C3=C(CCCC3)C2Cc2ccccc2)c1. The quantitative estimate of drug-likeness (QED) is 0.795. The summed E-state index contributed by atoms with van der Waals surface area (Å²) in [6.07, 6.45) is 7.22. The standard InChI is InChI=1S/C22H24N2OS/c1-26-18-11-7-10-17(15-18)24-21(14-16-8-3-2-4-9-16)19-12-5-6-13-20(19)22(25)23-24/h2-4,7-11,15,21H,5-6,12-14H2,1H3,(H,23,25). The summed E-state index contributed by atoms with van der Waals surface area (Å²) in [4.78, 5) is 14.0. The van der Waals surface area contributed by atoms with E-state index in [-0.39, 0.29) is 11.9 Å². The molecule has 1 aliphatic heterocycles. The third-order valence-electron chi connectivity index (χ3n) is 5.32. The second-order valence-corrected chi connectivity index (χ2v) is 7.81. The minimum Gasteiger partial charge on any atom is -0.278 e. The summed E-state index contributed by atoms with van der Waals surface area (Å²) in [6.45, 7) is 0. The van der Waals surface area contributed by atoms with Gasteiger partial charge in [0, 0.05) is 10.5 Å². The lowest BCUT2D eigenvalue weighted by atomic mass is 9.83. The van der Waals surface area contributed by atoms with Crippen LogP contribution in [0.5, 0.6) is 0 Å². The van der Waals surface area contributed by atoms with Gasteiger partial charge in [-0.2, -0.15) is 0 Å². The number of carbonyl (C=O) groups excluding carboxylic acids is 1. The second-order valence-electron chi connectivity index (χ2n) is 6.93. The topological polar surface area (TPSA) is 32.3 Å². The van der Waals surface area contributed by atoms with Crippen molar-refractivity contribution < 1.29 is 4.79 Å². The number of benzene rings is 2. The molecular weight excluding hydrogens is 340 g/mol. The number of amides is 1. The Labute approximate surface area is 159 Å². The van der Waals surface area contributed by atoms with Crippen LogP contribution in [0.15, 0.2) is 70.6 Å². The van der Waals surface area contributed by atoms with E-state index in [1.54, 1.807) is 11.8 Å². The number of hydrogen-bond donors (Lipinski definition) is 1.